The van der Waals surface area contributed by atoms with Gasteiger partial charge in [0.1, 0.15) is 0 Å². The number of fused-ring (bicyclic) bond motifs is 1. The summed E-state index contributed by atoms with van der Waals surface area (Å²) >= 11 is 0. The smallest absolute Gasteiger partial charge is 0.255 e. The normalized spacial score (nSPS) is 17.7. The van der Waals surface area contributed by atoms with Crippen LogP contribution in [0.3, 0.4) is 0 Å². The lowest BCUT2D eigenvalue weighted by Crippen LogP contribution is -2.41. The van der Waals surface area contributed by atoms with Crippen molar-refractivity contribution in [1.82, 2.24) is 9.88 Å². The van der Waals surface area contributed by atoms with E-state index in [0.717, 1.165) is 40.6 Å². The van der Waals surface area contributed by atoms with E-state index < -0.39 is 0 Å². The molecule has 3 nitrogen and oxygen atoms in total. The van der Waals surface area contributed by atoms with Crippen molar-refractivity contribution in [2.24, 2.45) is 5.92 Å². The fourth-order valence-corrected chi connectivity index (χ4v) is 4.09. The summed E-state index contributed by atoms with van der Waals surface area (Å²) < 4.78 is 0. The van der Waals surface area contributed by atoms with E-state index >= 15 is 0 Å². The van der Waals surface area contributed by atoms with E-state index in [1.807, 2.05) is 48.5 Å². The zero-order valence-corrected chi connectivity index (χ0v) is 15.6. The number of amides is 1. The maximum absolute atomic E-state index is 13.7. The summed E-state index contributed by atoms with van der Waals surface area (Å²) in [7, 11) is 0. The lowest BCUT2D eigenvalue weighted by Gasteiger charge is -2.30. The van der Waals surface area contributed by atoms with Crippen molar-refractivity contribution in [1.29, 1.82) is 0 Å². The van der Waals surface area contributed by atoms with Crippen LogP contribution in [0.25, 0.3) is 22.2 Å². The number of para-hydroxylation sites is 1. The van der Waals surface area contributed by atoms with Crippen molar-refractivity contribution in [3.05, 3.63) is 66.2 Å². The van der Waals surface area contributed by atoms with Crippen molar-refractivity contribution in [2.45, 2.75) is 44.7 Å². The van der Waals surface area contributed by atoms with Crippen LogP contribution in [0.15, 0.2) is 60.7 Å². The highest BCUT2D eigenvalue weighted by Crippen LogP contribution is 2.41. The molecule has 3 aromatic rings. The maximum Gasteiger partial charge on any atom is 0.255 e. The quantitative estimate of drug-likeness (QED) is 0.621. The Balaban J connectivity index is 1.63. The predicted octanol–water partition coefficient (Wildman–Crippen LogP) is 5.30. The van der Waals surface area contributed by atoms with Gasteiger partial charge < -0.3 is 4.90 Å². The zero-order chi connectivity index (χ0) is 18.4. The Kier molecular flexibility index (Phi) is 3.96. The minimum absolute atomic E-state index is 0.174. The van der Waals surface area contributed by atoms with Gasteiger partial charge in [0, 0.05) is 23.0 Å². The first kappa shape index (κ1) is 16.5. The average Bonchev–Trinajstić information content (AvgIpc) is 3.61. The third-order valence-electron chi connectivity index (χ3n) is 5.93. The fraction of sp³-hybridized carbons (Fsp3) is 0.333. The molecule has 0 unspecified atom stereocenters. The molecule has 0 bridgehead atoms. The monoisotopic (exact) mass is 356 g/mol. The first-order chi connectivity index (χ1) is 13.2. The van der Waals surface area contributed by atoms with E-state index in [-0.39, 0.29) is 5.91 Å². The van der Waals surface area contributed by atoms with Crippen LogP contribution < -0.4 is 0 Å². The number of carbonyl (C=O) groups excluding carboxylic acids is 1. The molecule has 5 rings (SSSR count). The van der Waals surface area contributed by atoms with Crippen LogP contribution in [-0.2, 0) is 0 Å². The molecule has 136 valence electrons. The van der Waals surface area contributed by atoms with Crippen molar-refractivity contribution < 1.29 is 4.79 Å². The Bertz CT molecular complexity index is 990. The van der Waals surface area contributed by atoms with Gasteiger partial charge in [-0.3, -0.25) is 4.79 Å². The highest BCUT2D eigenvalue weighted by atomic mass is 16.2. The summed E-state index contributed by atoms with van der Waals surface area (Å²) in [6.45, 7) is 2.23. The molecule has 1 heterocycles. The lowest BCUT2D eigenvalue weighted by atomic mass is 10.0. The Morgan fingerprint density at radius 1 is 1.00 bits per heavy atom. The second-order valence-corrected chi connectivity index (χ2v) is 7.96. The Hall–Kier alpha value is -2.68. The number of hydrogen-bond acceptors (Lipinski definition) is 2. The van der Waals surface area contributed by atoms with Gasteiger partial charge in [0.15, 0.2) is 0 Å². The first-order valence-electron chi connectivity index (χ1n) is 10.0. The molecule has 0 saturated heterocycles. The summed E-state index contributed by atoms with van der Waals surface area (Å²) in [5, 5.41) is 0.954. The van der Waals surface area contributed by atoms with Crippen LogP contribution in [0.1, 0.15) is 43.0 Å². The number of benzene rings is 2. The number of hydrogen-bond donors (Lipinski definition) is 0. The fourth-order valence-electron chi connectivity index (χ4n) is 4.09. The highest BCUT2D eigenvalue weighted by molar-refractivity contribution is 6.07. The summed E-state index contributed by atoms with van der Waals surface area (Å²) in [4.78, 5) is 20.7. The molecular weight excluding hydrogens is 332 g/mol. The molecule has 0 radical (unpaired) electrons. The van der Waals surface area contributed by atoms with Crippen molar-refractivity contribution in [3.63, 3.8) is 0 Å². The molecule has 0 N–H and O–H groups in total. The van der Waals surface area contributed by atoms with Gasteiger partial charge in [0.05, 0.1) is 16.8 Å². The number of carbonyl (C=O) groups is 1. The van der Waals surface area contributed by atoms with Crippen molar-refractivity contribution >= 4 is 16.8 Å². The minimum Gasteiger partial charge on any atom is -0.333 e. The Labute approximate surface area is 160 Å². The number of pyridine rings is 1. The molecule has 27 heavy (non-hydrogen) atoms. The molecule has 0 spiro atoms. The van der Waals surface area contributed by atoms with Gasteiger partial charge in [0.2, 0.25) is 0 Å². The molecule has 1 aromatic heterocycles. The molecule has 1 amide bonds. The van der Waals surface area contributed by atoms with Gasteiger partial charge in [0.25, 0.3) is 5.91 Å². The SMILES string of the molecule is C[C@H](C1CC1)N(C(=O)c1cc(-c2ccccc2)nc2ccccc12)C1CC1. The van der Waals surface area contributed by atoms with Crippen molar-refractivity contribution in [2.75, 3.05) is 0 Å². The van der Waals surface area contributed by atoms with Gasteiger partial charge in [-0.15, -0.1) is 0 Å². The first-order valence-corrected chi connectivity index (χ1v) is 10.0. The number of rotatable bonds is 5. The lowest BCUT2D eigenvalue weighted by molar-refractivity contribution is 0.0656. The number of nitrogens with zero attached hydrogens (tertiary/aromatic N) is 2. The standard InChI is InChI=1S/C24H24N2O/c1-16(17-11-12-17)26(19-13-14-19)24(27)21-15-23(18-7-3-2-4-8-18)25-22-10-6-5-9-20(21)22/h2-10,15-17,19H,11-14H2,1H3/t16-/m1/s1. The second kappa shape index (κ2) is 6.49. The molecule has 1 atom stereocenters. The topological polar surface area (TPSA) is 33.2 Å². The summed E-state index contributed by atoms with van der Waals surface area (Å²) in [6.07, 6.45) is 4.78. The van der Waals surface area contributed by atoms with E-state index in [0.29, 0.717) is 18.0 Å². The van der Waals surface area contributed by atoms with Crippen LogP contribution in [-0.4, -0.2) is 27.9 Å². The maximum atomic E-state index is 13.7. The molecule has 0 aliphatic heterocycles. The van der Waals surface area contributed by atoms with Crippen LogP contribution in [0, 0.1) is 5.92 Å². The van der Waals surface area contributed by atoms with Gasteiger partial charge in [-0.25, -0.2) is 4.98 Å². The van der Waals surface area contributed by atoms with Crippen LogP contribution in [0.4, 0.5) is 0 Å². The van der Waals surface area contributed by atoms with E-state index in [2.05, 4.69) is 24.0 Å². The largest absolute Gasteiger partial charge is 0.333 e. The molecule has 2 aliphatic carbocycles. The van der Waals surface area contributed by atoms with Crippen LogP contribution >= 0.6 is 0 Å². The average molecular weight is 356 g/mol. The molecule has 3 heteroatoms. The Morgan fingerprint density at radius 2 is 1.70 bits per heavy atom. The summed E-state index contributed by atoms with van der Waals surface area (Å²) in [5.41, 5.74) is 3.59. The zero-order valence-electron chi connectivity index (χ0n) is 15.6. The van der Waals surface area contributed by atoms with E-state index in [1.165, 1.54) is 12.8 Å². The molecule has 2 aliphatic rings. The highest BCUT2D eigenvalue weighted by Gasteiger charge is 2.42. The summed E-state index contributed by atoms with van der Waals surface area (Å²) in [5.74, 6) is 0.851. The molecular formula is C24H24N2O. The summed E-state index contributed by atoms with van der Waals surface area (Å²) in [6, 6.07) is 20.9. The molecule has 2 fully saturated rings. The van der Waals surface area contributed by atoms with Gasteiger partial charge in [-0.05, 0) is 50.7 Å². The molecule has 2 aromatic carbocycles. The van der Waals surface area contributed by atoms with Crippen LogP contribution in [0.2, 0.25) is 0 Å². The molecule has 2 saturated carbocycles. The third kappa shape index (κ3) is 3.12. The van der Waals surface area contributed by atoms with Gasteiger partial charge >= 0.3 is 0 Å². The van der Waals surface area contributed by atoms with E-state index in [9.17, 15) is 4.79 Å². The minimum atomic E-state index is 0.174. The van der Waals surface area contributed by atoms with Crippen molar-refractivity contribution in [3.8, 4) is 11.3 Å². The third-order valence-corrected chi connectivity index (χ3v) is 5.93. The Morgan fingerprint density at radius 3 is 2.41 bits per heavy atom. The predicted molar refractivity (Wildman–Crippen MR) is 109 cm³/mol. The number of aromatic nitrogens is 1. The van der Waals surface area contributed by atoms with E-state index in [1.54, 1.807) is 0 Å². The van der Waals surface area contributed by atoms with Gasteiger partial charge in [-0.2, -0.15) is 0 Å². The van der Waals surface area contributed by atoms with E-state index in [4.69, 9.17) is 4.98 Å². The van der Waals surface area contributed by atoms with Gasteiger partial charge in [-0.1, -0.05) is 48.5 Å². The second-order valence-electron chi connectivity index (χ2n) is 7.96. The van der Waals surface area contributed by atoms with Crippen LogP contribution in [0.5, 0.6) is 0 Å².